The van der Waals surface area contributed by atoms with Crippen molar-refractivity contribution in [1.29, 1.82) is 0 Å². The molecule has 0 radical (unpaired) electrons. The number of hydrogen-bond donors (Lipinski definition) is 1. The van der Waals surface area contributed by atoms with Crippen LogP contribution in [0.25, 0.3) is 0 Å². The quantitative estimate of drug-likeness (QED) is 0.731. The maximum absolute atomic E-state index is 11.8. The summed E-state index contributed by atoms with van der Waals surface area (Å²) in [5.74, 6) is 1.82. The Hall–Kier alpha value is -1.45. The molecule has 1 unspecified atom stereocenters. The van der Waals surface area contributed by atoms with Crippen molar-refractivity contribution in [3.8, 4) is 0 Å². The van der Waals surface area contributed by atoms with Gasteiger partial charge < -0.3 is 15.0 Å². The molecule has 140 valence electrons. The van der Waals surface area contributed by atoms with E-state index < -0.39 is 9.84 Å². The first-order valence-electron chi connectivity index (χ1n) is 8.91. The van der Waals surface area contributed by atoms with Gasteiger partial charge >= 0.3 is 0 Å². The van der Waals surface area contributed by atoms with E-state index in [0.717, 1.165) is 45.2 Å². The summed E-state index contributed by atoms with van der Waals surface area (Å²) in [4.78, 5) is 13.3. The summed E-state index contributed by atoms with van der Waals surface area (Å²) >= 11 is 0. The highest BCUT2D eigenvalue weighted by molar-refractivity contribution is 7.91. The molecular formula is C16H27N5O3S. The van der Waals surface area contributed by atoms with Gasteiger partial charge in [0.05, 0.1) is 24.7 Å². The van der Waals surface area contributed by atoms with Gasteiger partial charge in [-0.05, 0) is 19.4 Å². The number of anilines is 2. The van der Waals surface area contributed by atoms with Crippen LogP contribution in [0.1, 0.15) is 13.3 Å². The van der Waals surface area contributed by atoms with Gasteiger partial charge in [-0.1, -0.05) is 0 Å². The zero-order valence-electron chi connectivity index (χ0n) is 14.7. The topological polar surface area (TPSA) is 87.7 Å². The summed E-state index contributed by atoms with van der Waals surface area (Å²) < 4.78 is 28.9. The molecule has 2 saturated heterocycles. The van der Waals surface area contributed by atoms with E-state index in [2.05, 4.69) is 20.2 Å². The third-order valence-electron chi connectivity index (χ3n) is 4.73. The van der Waals surface area contributed by atoms with E-state index in [-0.39, 0.29) is 17.5 Å². The molecule has 2 aliphatic rings. The van der Waals surface area contributed by atoms with Crippen molar-refractivity contribution in [2.45, 2.75) is 19.4 Å². The van der Waals surface area contributed by atoms with Gasteiger partial charge in [0.25, 0.3) is 0 Å². The molecule has 0 amide bonds. The molecule has 1 aromatic heterocycles. The molecule has 3 heterocycles. The molecule has 0 bridgehead atoms. The summed E-state index contributed by atoms with van der Waals surface area (Å²) in [6, 6.07) is 1.82. The van der Waals surface area contributed by atoms with Gasteiger partial charge in [-0.3, -0.25) is 4.90 Å². The largest absolute Gasteiger partial charge is 0.379 e. The molecule has 0 aromatic carbocycles. The van der Waals surface area contributed by atoms with Crippen LogP contribution >= 0.6 is 0 Å². The third-order valence-corrected chi connectivity index (χ3v) is 6.48. The van der Waals surface area contributed by atoms with Crippen LogP contribution in [0.4, 0.5) is 11.8 Å². The van der Waals surface area contributed by atoms with Crippen LogP contribution in [0.2, 0.25) is 0 Å². The Kier molecular flexibility index (Phi) is 6.08. The maximum atomic E-state index is 11.8. The highest BCUT2D eigenvalue weighted by atomic mass is 32.2. The second kappa shape index (κ2) is 8.29. The van der Waals surface area contributed by atoms with Gasteiger partial charge in [0.1, 0.15) is 5.82 Å². The van der Waals surface area contributed by atoms with E-state index in [1.165, 1.54) is 0 Å². The molecule has 2 aliphatic heterocycles. The lowest BCUT2D eigenvalue weighted by Crippen LogP contribution is -2.39. The number of rotatable bonds is 7. The van der Waals surface area contributed by atoms with Crippen LogP contribution in [-0.4, -0.2) is 86.8 Å². The van der Waals surface area contributed by atoms with Gasteiger partial charge in [0.15, 0.2) is 9.84 Å². The molecular weight excluding hydrogens is 342 g/mol. The highest BCUT2D eigenvalue weighted by Crippen LogP contribution is 2.22. The minimum atomic E-state index is -2.92. The molecule has 2 fully saturated rings. The van der Waals surface area contributed by atoms with E-state index in [0.29, 0.717) is 18.9 Å². The molecule has 0 aliphatic carbocycles. The van der Waals surface area contributed by atoms with Gasteiger partial charge in [-0.2, -0.15) is 4.98 Å². The van der Waals surface area contributed by atoms with E-state index in [1.807, 2.05) is 17.9 Å². The summed E-state index contributed by atoms with van der Waals surface area (Å²) in [5.41, 5.74) is 0. The number of nitrogens with one attached hydrogen (secondary N) is 1. The number of nitrogens with zero attached hydrogens (tertiary/aromatic N) is 4. The molecule has 1 atom stereocenters. The van der Waals surface area contributed by atoms with E-state index >= 15 is 0 Å². The first kappa shape index (κ1) is 18.3. The Balaban J connectivity index is 1.58. The minimum Gasteiger partial charge on any atom is -0.379 e. The highest BCUT2D eigenvalue weighted by Gasteiger charge is 2.32. The molecule has 9 heteroatoms. The van der Waals surface area contributed by atoms with E-state index in [4.69, 9.17) is 4.74 Å². The van der Waals surface area contributed by atoms with Crippen molar-refractivity contribution in [3.63, 3.8) is 0 Å². The van der Waals surface area contributed by atoms with Crippen molar-refractivity contribution in [2.75, 3.05) is 67.7 Å². The number of morpholine rings is 1. The average molecular weight is 369 g/mol. The number of sulfone groups is 1. The van der Waals surface area contributed by atoms with Crippen molar-refractivity contribution in [2.24, 2.45) is 0 Å². The molecule has 1 aromatic rings. The molecule has 1 N–H and O–H groups in total. The van der Waals surface area contributed by atoms with Crippen LogP contribution in [0.3, 0.4) is 0 Å². The number of aromatic nitrogens is 2. The van der Waals surface area contributed by atoms with Gasteiger partial charge in [0, 0.05) is 45.0 Å². The fraction of sp³-hybridized carbons (Fsp3) is 0.750. The summed E-state index contributed by atoms with van der Waals surface area (Å²) in [5, 5.41) is 3.34. The van der Waals surface area contributed by atoms with E-state index in [1.54, 1.807) is 6.20 Å². The zero-order chi connectivity index (χ0) is 17.7. The molecule has 3 rings (SSSR count). The van der Waals surface area contributed by atoms with Crippen LogP contribution < -0.4 is 10.2 Å². The van der Waals surface area contributed by atoms with Crippen LogP contribution in [0.15, 0.2) is 12.3 Å². The zero-order valence-corrected chi connectivity index (χ0v) is 15.5. The monoisotopic (exact) mass is 369 g/mol. The van der Waals surface area contributed by atoms with Gasteiger partial charge in [-0.25, -0.2) is 13.4 Å². The summed E-state index contributed by atoms with van der Waals surface area (Å²) in [6.45, 7) is 7.99. The summed E-state index contributed by atoms with van der Waals surface area (Å²) in [7, 11) is -2.92. The Bertz CT molecular complexity index is 663. The molecule has 0 saturated carbocycles. The second-order valence-corrected chi connectivity index (χ2v) is 8.69. The van der Waals surface area contributed by atoms with Crippen LogP contribution in [0.5, 0.6) is 0 Å². The predicted octanol–water partition coefficient (Wildman–Crippen LogP) is 0.234. The van der Waals surface area contributed by atoms with Gasteiger partial charge in [0.2, 0.25) is 5.95 Å². The third kappa shape index (κ3) is 5.02. The molecule has 0 spiro atoms. The Morgan fingerprint density at radius 1 is 1.40 bits per heavy atom. The van der Waals surface area contributed by atoms with Crippen molar-refractivity contribution >= 4 is 21.6 Å². The van der Waals surface area contributed by atoms with Crippen molar-refractivity contribution < 1.29 is 13.2 Å². The fourth-order valence-corrected chi connectivity index (χ4v) is 5.07. The normalized spacial score (nSPS) is 23.5. The predicted molar refractivity (Wildman–Crippen MR) is 97.9 cm³/mol. The average Bonchev–Trinajstić information content (AvgIpc) is 2.97. The number of hydrogen-bond acceptors (Lipinski definition) is 8. The van der Waals surface area contributed by atoms with Crippen LogP contribution in [-0.2, 0) is 14.6 Å². The molecule has 25 heavy (non-hydrogen) atoms. The lowest BCUT2D eigenvalue weighted by Gasteiger charge is -2.27. The maximum Gasteiger partial charge on any atom is 0.227 e. The number of ether oxygens (including phenoxy) is 1. The first-order valence-corrected chi connectivity index (χ1v) is 10.7. The standard InChI is InChI=1S/C16H27N5O3S/c1-2-21(14-4-12-25(22,23)13-14)16-18-5-3-15(19-16)17-6-7-20-8-10-24-11-9-20/h3,5,14H,2,4,6-13H2,1H3,(H,17,18,19). The lowest BCUT2D eigenvalue weighted by atomic mass is 10.2. The van der Waals surface area contributed by atoms with Gasteiger partial charge in [-0.15, -0.1) is 0 Å². The Morgan fingerprint density at radius 3 is 2.88 bits per heavy atom. The lowest BCUT2D eigenvalue weighted by molar-refractivity contribution is 0.0398. The second-order valence-electron chi connectivity index (χ2n) is 6.47. The fourth-order valence-electron chi connectivity index (χ4n) is 3.34. The van der Waals surface area contributed by atoms with Crippen LogP contribution in [0, 0.1) is 0 Å². The van der Waals surface area contributed by atoms with Crippen molar-refractivity contribution in [1.82, 2.24) is 14.9 Å². The SMILES string of the molecule is CCN(c1nccc(NCCN2CCOCC2)n1)C1CCS(=O)(=O)C1. The summed E-state index contributed by atoms with van der Waals surface area (Å²) in [6.07, 6.45) is 2.37. The van der Waals surface area contributed by atoms with Crippen molar-refractivity contribution in [3.05, 3.63) is 12.3 Å². The minimum absolute atomic E-state index is 0.0291. The Morgan fingerprint density at radius 2 is 2.20 bits per heavy atom. The first-order chi connectivity index (χ1) is 12.1. The molecule has 8 nitrogen and oxygen atoms in total. The Labute approximate surface area is 149 Å². The van der Waals surface area contributed by atoms with E-state index in [9.17, 15) is 8.42 Å². The smallest absolute Gasteiger partial charge is 0.227 e.